The predicted molar refractivity (Wildman–Crippen MR) is 85.0 cm³/mol. The van der Waals surface area contributed by atoms with Crippen LogP contribution in [0, 0.1) is 5.92 Å². The summed E-state index contributed by atoms with van der Waals surface area (Å²) in [6, 6.07) is -0.0448. The number of aliphatic carboxylic acids is 1. The molecule has 7 nitrogen and oxygen atoms in total. The average Bonchev–Trinajstić information content (AvgIpc) is 2.54. The molecule has 0 aromatic carbocycles. The SMILES string of the molecule is O=C(O)CC1CCN(C(=O)CNC(=O)NC2CCCCC2)CC1. The van der Waals surface area contributed by atoms with Crippen LogP contribution in [0.5, 0.6) is 0 Å². The van der Waals surface area contributed by atoms with Crippen LogP contribution in [-0.2, 0) is 9.59 Å². The quantitative estimate of drug-likeness (QED) is 0.710. The summed E-state index contributed by atoms with van der Waals surface area (Å²) in [7, 11) is 0. The van der Waals surface area contributed by atoms with Crippen molar-refractivity contribution in [3.8, 4) is 0 Å². The van der Waals surface area contributed by atoms with Crippen molar-refractivity contribution < 1.29 is 19.5 Å². The summed E-state index contributed by atoms with van der Waals surface area (Å²) in [5.74, 6) is -0.729. The highest BCUT2D eigenvalue weighted by Gasteiger charge is 2.24. The summed E-state index contributed by atoms with van der Waals surface area (Å²) in [4.78, 5) is 36.3. The summed E-state index contributed by atoms with van der Waals surface area (Å²) >= 11 is 0. The zero-order valence-electron chi connectivity index (χ0n) is 13.6. The molecule has 1 aliphatic heterocycles. The third-order valence-electron chi connectivity index (χ3n) is 4.77. The Balaban J connectivity index is 1.63. The van der Waals surface area contributed by atoms with Gasteiger partial charge in [0.05, 0.1) is 6.54 Å². The first-order valence-corrected chi connectivity index (χ1v) is 8.58. The fourth-order valence-electron chi connectivity index (χ4n) is 3.38. The van der Waals surface area contributed by atoms with Crippen LogP contribution in [0.2, 0.25) is 0 Å². The molecule has 1 aliphatic carbocycles. The number of carboxylic acids is 1. The van der Waals surface area contributed by atoms with Crippen molar-refractivity contribution >= 4 is 17.9 Å². The number of nitrogens with one attached hydrogen (secondary N) is 2. The molecule has 2 fully saturated rings. The van der Waals surface area contributed by atoms with Gasteiger partial charge in [0.1, 0.15) is 0 Å². The number of urea groups is 1. The van der Waals surface area contributed by atoms with Crippen LogP contribution in [0.1, 0.15) is 51.4 Å². The molecule has 1 saturated heterocycles. The molecule has 0 spiro atoms. The lowest BCUT2D eigenvalue weighted by Crippen LogP contribution is -2.48. The highest BCUT2D eigenvalue weighted by atomic mass is 16.4. The van der Waals surface area contributed by atoms with Gasteiger partial charge in [-0.05, 0) is 31.6 Å². The van der Waals surface area contributed by atoms with Crippen molar-refractivity contribution in [1.82, 2.24) is 15.5 Å². The Bertz CT molecular complexity index is 427. The van der Waals surface area contributed by atoms with Gasteiger partial charge in [-0.2, -0.15) is 0 Å². The monoisotopic (exact) mass is 325 g/mol. The van der Waals surface area contributed by atoms with Gasteiger partial charge in [-0.15, -0.1) is 0 Å². The number of rotatable bonds is 5. The first-order chi connectivity index (χ1) is 11.0. The van der Waals surface area contributed by atoms with E-state index >= 15 is 0 Å². The van der Waals surface area contributed by atoms with E-state index in [1.165, 1.54) is 6.42 Å². The van der Waals surface area contributed by atoms with E-state index in [-0.39, 0.29) is 36.9 Å². The molecule has 2 aliphatic rings. The Kier molecular flexibility index (Phi) is 6.67. The first kappa shape index (κ1) is 17.6. The second kappa shape index (κ2) is 8.74. The molecule has 2 rings (SSSR count). The van der Waals surface area contributed by atoms with Gasteiger partial charge in [-0.1, -0.05) is 19.3 Å². The van der Waals surface area contributed by atoms with E-state index in [0.29, 0.717) is 25.9 Å². The van der Waals surface area contributed by atoms with Crippen LogP contribution in [0.25, 0.3) is 0 Å². The topological polar surface area (TPSA) is 98.7 Å². The van der Waals surface area contributed by atoms with Gasteiger partial charge in [0.25, 0.3) is 0 Å². The Morgan fingerprint density at radius 3 is 2.26 bits per heavy atom. The van der Waals surface area contributed by atoms with E-state index in [1.807, 2.05) is 0 Å². The minimum Gasteiger partial charge on any atom is -0.481 e. The number of hydrogen-bond acceptors (Lipinski definition) is 3. The number of carboxylic acid groups (broad SMARTS) is 1. The maximum absolute atomic E-state index is 12.1. The molecule has 0 aromatic rings. The van der Waals surface area contributed by atoms with E-state index in [4.69, 9.17) is 5.11 Å². The first-order valence-electron chi connectivity index (χ1n) is 8.58. The number of carbonyl (C=O) groups excluding carboxylic acids is 2. The molecule has 1 heterocycles. The molecule has 0 radical (unpaired) electrons. The molecule has 0 unspecified atom stereocenters. The third-order valence-corrected chi connectivity index (χ3v) is 4.77. The third kappa shape index (κ3) is 6.08. The fraction of sp³-hybridized carbons (Fsp3) is 0.812. The maximum Gasteiger partial charge on any atom is 0.315 e. The van der Waals surface area contributed by atoms with E-state index in [2.05, 4.69) is 10.6 Å². The van der Waals surface area contributed by atoms with Crippen molar-refractivity contribution in [2.45, 2.75) is 57.4 Å². The lowest BCUT2D eigenvalue weighted by molar-refractivity contribution is -0.138. The molecular weight excluding hydrogens is 298 g/mol. The number of nitrogens with zero attached hydrogens (tertiary/aromatic N) is 1. The van der Waals surface area contributed by atoms with Crippen LogP contribution < -0.4 is 10.6 Å². The molecule has 7 heteroatoms. The number of likely N-dealkylation sites (tertiary alicyclic amines) is 1. The van der Waals surface area contributed by atoms with E-state index in [0.717, 1.165) is 25.7 Å². The van der Waals surface area contributed by atoms with Crippen molar-refractivity contribution in [2.75, 3.05) is 19.6 Å². The van der Waals surface area contributed by atoms with Crippen LogP contribution in [0.3, 0.4) is 0 Å². The summed E-state index contributed by atoms with van der Waals surface area (Å²) in [5.41, 5.74) is 0. The van der Waals surface area contributed by atoms with E-state index in [9.17, 15) is 14.4 Å². The van der Waals surface area contributed by atoms with Crippen molar-refractivity contribution in [2.24, 2.45) is 5.92 Å². The maximum atomic E-state index is 12.1. The molecule has 0 bridgehead atoms. The second-order valence-corrected chi connectivity index (χ2v) is 6.58. The normalized spacial score (nSPS) is 20.1. The number of piperidine rings is 1. The molecule has 130 valence electrons. The second-order valence-electron chi connectivity index (χ2n) is 6.58. The molecular formula is C16H27N3O4. The Morgan fingerprint density at radius 2 is 1.65 bits per heavy atom. The van der Waals surface area contributed by atoms with Gasteiger partial charge in [-0.3, -0.25) is 9.59 Å². The van der Waals surface area contributed by atoms with E-state index < -0.39 is 5.97 Å². The van der Waals surface area contributed by atoms with Gasteiger partial charge in [0.15, 0.2) is 0 Å². The highest BCUT2D eigenvalue weighted by molar-refractivity contribution is 5.84. The molecule has 3 N–H and O–H groups in total. The van der Waals surface area contributed by atoms with Crippen LogP contribution >= 0.6 is 0 Å². The average molecular weight is 325 g/mol. The van der Waals surface area contributed by atoms with Crippen LogP contribution in [0.4, 0.5) is 4.79 Å². The Labute approximate surface area is 136 Å². The lowest BCUT2D eigenvalue weighted by atomic mass is 9.93. The van der Waals surface area contributed by atoms with Crippen molar-refractivity contribution in [1.29, 1.82) is 0 Å². The Hall–Kier alpha value is -1.79. The zero-order chi connectivity index (χ0) is 16.7. The number of carbonyl (C=O) groups is 3. The highest BCUT2D eigenvalue weighted by Crippen LogP contribution is 2.20. The fourth-order valence-corrected chi connectivity index (χ4v) is 3.38. The molecule has 1 saturated carbocycles. The Morgan fingerprint density at radius 1 is 1.00 bits per heavy atom. The standard InChI is InChI=1S/C16H27N3O4/c20-14(19-8-6-12(7-9-19)10-15(21)22)11-17-16(23)18-13-4-2-1-3-5-13/h12-13H,1-11H2,(H,21,22)(H2,17,18,23). The lowest BCUT2D eigenvalue weighted by Gasteiger charge is -2.31. The minimum atomic E-state index is -0.782. The molecule has 0 aromatic heterocycles. The molecule has 3 amide bonds. The largest absolute Gasteiger partial charge is 0.481 e. The summed E-state index contributed by atoms with van der Waals surface area (Å²) < 4.78 is 0. The molecule has 23 heavy (non-hydrogen) atoms. The van der Waals surface area contributed by atoms with Crippen LogP contribution in [0.15, 0.2) is 0 Å². The summed E-state index contributed by atoms with van der Waals surface area (Å²) in [6.07, 6.45) is 7.15. The van der Waals surface area contributed by atoms with Gasteiger partial charge >= 0.3 is 12.0 Å². The van der Waals surface area contributed by atoms with Gasteiger partial charge in [0.2, 0.25) is 5.91 Å². The summed E-state index contributed by atoms with van der Waals surface area (Å²) in [6.45, 7) is 1.15. The number of amides is 3. The smallest absolute Gasteiger partial charge is 0.315 e. The minimum absolute atomic E-state index is 0.00213. The van der Waals surface area contributed by atoms with Crippen LogP contribution in [-0.4, -0.2) is 53.6 Å². The predicted octanol–water partition coefficient (Wildman–Crippen LogP) is 1.33. The van der Waals surface area contributed by atoms with Crippen molar-refractivity contribution in [3.05, 3.63) is 0 Å². The van der Waals surface area contributed by atoms with Gasteiger partial charge in [-0.25, -0.2) is 4.79 Å². The zero-order valence-corrected chi connectivity index (χ0v) is 13.6. The van der Waals surface area contributed by atoms with Gasteiger partial charge < -0.3 is 20.6 Å². The summed E-state index contributed by atoms with van der Waals surface area (Å²) in [5, 5.41) is 14.3. The van der Waals surface area contributed by atoms with E-state index in [1.54, 1.807) is 4.90 Å². The van der Waals surface area contributed by atoms with Gasteiger partial charge in [0, 0.05) is 25.6 Å². The van der Waals surface area contributed by atoms with Crippen molar-refractivity contribution in [3.63, 3.8) is 0 Å². The number of hydrogen-bond donors (Lipinski definition) is 3. The molecule has 0 atom stereocenters.